The molecule has 2 aliphatic rings. The number of carbonyl (C=O) groups excluding carboxylic acids is 1. The van der Waals surface area contributed by atoms with E-state index in [-0.39, 0.29) is 6.10 Å². The molecule has 0 aliphatic carbocycles. The first-order valence-electron chi connectivity index (χ1n) is 6.24. The van der Waals surface area contributed by atoms with Crippen molar-refractivity contribution in [3.05, 3.63) is 12.0 Å². The van der Waals surface area contributed by atoms with Gasteiger partial charge in [-0.2, -0.15) is 0 Å². The summed E-state index contributed by atoms with van der Waals surface area (Å²) in [6.07, 6.45) is 0.533. The summed E-state index contributed by atoms with van der Waals surface area (Å²) in [5, 5.41) is 0. The summed E-state index contributed by atoms with van der Waals surface area (Å²) in [5.41, 5.74) is 0. The molecule has 0 bridgehead atoms. The number of carbonyl (C=O) groups is 1. The van der Waals surface area contributed by atoms with E-state index in [0.29, 0.717) is 12.4 Å². The summed E-state index contributed by atoms with van der Waals surface area (Å²) in [6.45, 7) is 8.97. The third kappa shape index (κ3) is 3.46. The van der Waals surface area contributed by atoms with E-state index in [0.717, 1.165) is 0 Å². The van der Waals surface area contributed by atoms with Gasteiger partial charge in [0.15, 0.2) is 17.7 Å². The molecule has 0 amide bonds. The van der Waals surface area contributed by atoms with Crippen LogP contribution >= 0.6 is 0 Å². The molecule has 2 aliphatic heterocycles. The largest absolute Gasteiger partial charge is 0.461 e. The maximum Gasteiger partial charge on any atom is 0.307 e. The van der Waals surface area contributed by atoms with Gasteiger partial charge in [-0.1, -0.05) is 0 Å². The minimum Gasteiger partial charge on any atom is -0.461 e. The zero-order chi connectivity index (χ0) is 14.3. The topological polar surface area (TPSA) is 63.2 Å². The lowest BCUT2D eigenvalue weighted by molar-refractivity contribution is -0.174. The van der Waals surface area contributed by atoms with E-state index in [1.165, 1.54) is 13.2 Å². The molecule has 19 heavy (non-hydrogen) atoms. The molecule has 0 saturated carbocycles. The maximum atomic E-state index is 10.9. The quantitative estimate of drug-likeness (QED) is 0.563. The highest BCUT2D eigenvalue weighted by atomic mass is 16.8. The Morgan fingerprint density at radius 1 is 1.26 bits per heavy atom. The molecule has 6 heteroatoms. The first-order valence-corrected chi connectivity index (χ1v) is 6.24. The highest BCUT2D eigenvalue weighted by Gasteiger charge is 2.48. The Hall–Kier alpha value is -1.11. The normalized spacial score (nSPS) is 34.3. The third-order valence-corrected chi connectivity index (χ3v) is 2.76. The average Bonchev–Trinajstić information content (AvgIpc) is 2.75. The van der Waals surface area contributed by atoms with Gasteiger partial charge in [0.1, 0.15) is 12.4 Å². The molecule has 0 radical (unpaired) electrons. The van der Waals surface area contributed by atoms with Gasteiger partial charge >= 0.3 is 5.97 Å². The maximum absolute atomic E-state index is 10.9. The number of esters is 1. The number of ether oxygens (including phenoxy) is 5. The van der Waals surface area contributed by atoms with Gasteiger partial charge in [-0.25, -0.2) is 0 Å². The molecule has 2 atom stereocenters. The highest BCUT2D eigenvalue weighted by Crippen LogP contribution is 2.37. The van der Waals surface area contributed by atoms with Crippen LogP contribution in [0, 0.1) is 0 Å². The smallest absolute Gasteiger partial charge is 0.307 e. The number of rotatable bonds is 2. The van der Waals surface area contributed by atoms with E-state index in [2.05, 4.69) is 0 Å². The van der Waals surface area contributed by atoms with Gasteiger partial charge < -0.3 is 23.7 Å². The van der Waals surface area contributed by atoms with Crippen molar-refractivity contribution >= 4 is 5.97 Å². The number of hydrogen-bond acceptors (Lipinski definition) is 6. The Labute approximate surface area is 112 Å². The lowest BCUT2D eigenvalue weighted by Crippen LogP contribution is -2.33. The molecular weight excluding hydrogens is 252 g/mol. The van der Waals surface area contributed by atoms with E-state index in [4.69, 9.17) is 23.7 Å². The second-order valence-corrected chi connectivity index (χ2v) is 5.54. The molecule has 2 heterocycles. The Kier molecular flexibility index (Phi) is 3.59. The molecule has 2 fully saturated rings. The average molecular weight is 272 g/mol. The van der Waals surface area contributed by atoms with Gasteiger partial charge in [0.05, 0.1) is 6.61 Å². The zero-order valence-corrected chi connectivity index (χ0v) is 11.9. The predicted octanol–water partition coefficient (Wildman–Crippen LogP) is 1.69. The van der Waals surface area contributed by atoms with Crippen molar-refractivity contribution in [2.45, 2.75) is 58.4 Å². The molecule has 0 aromatic heterocycles. The first kappa shape index (κ1) is 14.3. The second kappa shape index (κ2) is 4.77. The molecular formula is C13H20O6. The van der Waals surface area contributed by atoms with E-state index < -0.39 is 23.6 Å². The Balaban J connectivity index is 2.12. The van der Waals surface area contributed by atoms with Gasteiger partial charge in [0, 0.05) is 20.8 Å². The van der Waals surface area contributed by atoms with Crippen molar-refractivity contribution in [1.82, 2.24) is 0 Å². The van der Waals surface area contributed by atoms with E-state index in [9.17, 15) is 4.79 Å². The van der Waals surface area contributed by atoms with Crippen molar-refractivity contribution in [2.75, 3.05) is 6.61 Å². The molecule has 0 unspecified atom stereocenters. The molecule has 108 valence electrons. The van der Waals surface area contributed by atoms with Crippen molar-refractivity contribution in [1.29, 1.82) is 0 Å². The molecule has 0 aromatic carbocycles. The highest BCUT2D eigenvalue weighted by molar-refractivity contribution is 5.66. The molecule has 2 rings (SSSR count). The van der Waals surface area contributed by atoms with E-state index in [1.807, 2.05) is 13.8 Å². The Morgan fingerprint density at radius 3 is 2.47 bits per heavy atom. The monoisotopic (exact) mass is 272 g/mol. The zero-order valence-electron chi connectivity index (χ0n) is 11.9. The summed E-state index contributed by atoms with van der Waals surface area (Å²) < 4.78 is 27.5. The predicted molar refractivity (Wildman–Crippen MR) is 64.8 cm³/mol. The van der Waals surface area contributed by atoms with Crippen molar-refractivity contribution < 1.29 is 28.5 Å². The van der Waals surface area contributed by atoms with Crippen LogP contribution < -0.4 is 0 Å². The van der Waals surface area contributed by atoms with Gasteiger partial charge in [-0.3, -0.25) is 4.79 Å². The number of hydrogen-bond donors (Lipinski definition) is 0. The standard InChI is InChI=1S/C13H20O6/c1-8(14)15-6-9-11(19-13(4,5)18-9)10-7-16-12(2,3)17-10/h6,10-11H,7H2,1-5H3/b9-6-/t10-,11+/m0/s1. The molecule has 2 saturated heterocycles. The molecule has 0 N–H and O–H groups in total. The molecule has 0 aromatic rings. The molecule has 0 spiro atoms. The van der Waals surface area contributed by atoms with Gasteiger partial charge in [-0.05, 0) is 13.8 Å². The minimum atomic E-state index is -0.785. The van der Waals surface area contributed by atoms with E-state index >= 15 is 0 Å². The third-order valence-electron chi connectivity index (χ3n) is 2.76. The Bertz CT molecular complexity index is 398. The summed E-state index contributed by atoms with van der Waals surface area (Å²) in [4.78, 5) is 10.9. The lowest BCUT2D eigenvalue weighted by atomic mass is 10.2. The van der Waals surface area contributed by atoms with Gasteiger partial charge in [0.25, 0.3) is 0 Å². The van der Waals surface area contributed by atoms with Crippen LogP contribution in [-0.4, -0.2) is 36.4 Å². The lowest BCUT2D eigenvalue weighted by Gasteiger charge is -2.20. The fourth-order valence-corrected chi connectivity index (χ4v) is 2.09. The minimum absolute atomic E-state index is 0.293. The van der Waals surface area contributed by atoms with Crippen LogP contribution in [0.1, 0.15) is 34.6 Å². The summed E-state index contributed by atoms with van der Waals surface area (Å²) >= 11 is 0. The van der Waals surface area contributed by atoms with Crippen LogP contribution in [-0.2, 0) is 28.5 Å². The van der Waals surface area contributed by atoms with Crippen LogP contribution in [0.4, 0.5) is 0 Å². The second-order valence-electron chi connectivity index (χ2n) is 5.54. The van der Waals surface area contributed by atoms with Gasteiger partial charge in [-0.15, -0.1) is 0 Å². The van der Waals surface area contributed by atoms with Crippen LogP contribution in [0.3, 0.4) is 0 Å². The van der Waals surface area contributed by atoms with Crippen molar-refractivity contribution in [3.8, 4) is 0 Å². The van der Waals surface area contributed by atoms with Crippen molar-refractivity contribution in [3.63, 3.8) is 0 Å². The molecule has 6 nitrogen and oxygen atoms in total. The van der Waals surface area contributed by atoms with Crippen LogP contribution in [0.2, 0.25) is 0 Å². The van der Waals surface area contributed by atoms with E-state index in [1.54, 1.807) is 13.8 Å². The van der Waals surface area contributed by atoms with Crippen LogP contribution in [0.25, 0.3) is 0 Å². The van der Waals surface area contributed by atoms with Gasteiger partial charge in [0.2, 0.25) is 5.79 Å². The summed E-state index contributed by atoms with van der Waals surface area (Å²) in [6, 6.07) is 0. The van der Waals surface area contributed by atoms with Crippen molar-refractivity contribution in [2.24, 2.45) is 0 Å². The first-order chi connectivity index (χ1) is 8.69. The fourth-order valence-electron chi connectivity index (χ4n) is 2.09. The summed E-state index contributed by atoms with van der Waals surface area (Å²) in [5.74, 6) is -1.41. The summed E-state index contributed by atoms with van der Waals surface area (Å²) in [7, 11) is 0. The SMILES string of the molecule is CC(=O)O/C=C1\OC(C)(C)O[C@H]1[C@@H]1COC(C)(C)O1. The Morgan fingerprint density at radius 2 is 1.95 bits per heavy atom. The van der Waals surface area contributed by atoms with Crippen LogP contribution in [0.15, 0.2) is 12.0 Å². The fraction of sp³-hybridized carbons (Fsp3) is 0.769. The van der Waals surface area contributed by atoms with Crippen LogP contribution in [0.5, 0.6) is 0 Å².